The first-order chi connectivity index (χ1) is 12.4. The SMILES string of the molecule is CCC(C)Cc1cc(C)c(Bc2c(C)cc(C)cc2C)c2ccccc12. The van der Waals surface area contributed by atoms with Crippen molar-refractivity contribution in [3.63, 3.8) is 0 Å². The first kappa shape index (κ1) is 18.8. The van der Waals surface area contributed by atoms with Crippen LogP contribution in [0.4, 0.5) is 0 Å². The Labute approximate surface area is 159 Å². The number of hydrogen-bond acceptors (Lipinski definition) is 0. The summed E-state index contributed by atoms with van der Waals surface area (Å²) in [5.41, 5.74) is 10.1. The minimum atomic E-state index is 0.727. The molecule has 3 aromatic rings. The van der Waals surface area contributed by atoms with Gasteiger partial charge in [0.25, 0.3) is 0 Å². The maximum absolute atomic E-state index is 2.45. The van der Waals surface area contributed by atoms with Gasteiger partial charge in [-0.05, 0) is 56.4 Å². The van der Waals surface area contributed by atoms with E-state index in [0.717, 1.165) is 13.2 Å². The second-order valence-corrected chi connectivity index (χ2v) is 8.15. The molecule has 3 aromatic carbocycles. The molecular formula is C25H31B. The molecule has 0 radical (unpaired) electrons. The van der Waals surface area contributed by atoms with Crippen molar-refractivity contribution in [1.29, 1.82) is 0 Å². The summed E-state index contributed by atoms with van der Waals surface area (Å²) in [6.45, 7) is 13.6. The lowest BCUT2D eigenvalue weighted by Gasteiger charge is -2.18. The molecule has 0 bridgehead atoms. The summed E-state index contributed by atoms with van der Waals surface area (Å²) >= 11 is 0. The molecule has 0 fully saturated rings. The molecule has 0 amide bonds. The van der Waals surface area contributed by atoms with Crippen molar-refractivity contribution in [2.75, 3.05) is 0 Å². The summed E-state index contributed by atoms with van der Waals surface area (Å²) < 4.78 is 0. The Bertz CT molecular complexity index is 913. The molecule has 0 aromatic heterocycles. The molecule has 0 nitrogen and oxygen atoms in total. The van der Waals surface area contributed by atoms with Crippen LogP contribution in [0.2, 0.25) is 0 Å². The molecule has 134 valence electrons. The molecule has 1 atom stereocenters. The Morgan fingerprint density at radius 1 is 0.808 bits per heavy atom. The topological polar surface area (TPSA) is 0 Å². The zero-order valence-corrected chi connectivity index (χ0v) is 17.2. The quantitative estimate of drug-likeness (QED) is 0.569. The standard InChI is InChI=1S/C25H31B/c1-7-16(2)14-21-15-20(6)25(23-11-9-8-10-22(21)23)26-24-18(4)12-17(3)13-19(24)5/h8-13,15-16,26H,7,14H2,1-6H3. The molecule has 0 saturated heterocycles. The van der Waals surface area contributed by atoms with Crippen LogP contribution in [0.15, 0.2) is 42.5 Å². The Hall–Kier alpha value is -2.02. The number of rotatable bonds is 5. The predicted molar refractivity (Wildman–Crippen MR) is 119 cm³/mol. The van der Waals surface area contributed by atoms with E-state index in [0.29, 0.717) is 0 Å². The first-order valence-electron chi connectivity index (χ1n) is 9.97. The van der Waals surface area contributed by atoms with E-state index in [2.05, 4.69) is 84.0 Å². The zero-order valence-electron chi connectivity index (χ0n) is 17.2. The first-order valence-corrected chi connectivity index (χ1v) is 9.97. The van der Waals surface area contributed by atoms with Gasteiger partial charge in [0.05, 0.1) is 0 Å². The third-order valence-corrected chi connectivity index (χ3v) is 5.92. The predicted octanol–water partition coefficient (Wildman–Crippen LogP) is 5.05. The number of fused-ring (bicyclic) bond motifs is 1. The summed E-state index contributed by atoms with van der Waals surface area (Å²) in [7, 11) is 1.02. The lowest BCUT2D eigenvalue weighted by molar-refractivity contribution is 0.562. The molecule has 1 heteroatoms. The van der Waals surface area contributed by atoms with E-state index in [1.807, 2.05) is 0 Å². The van der Waals surface area contributed by atoms with Crippen LogP contribution in [0, 0.1) is 33.6 Å². The van der Waals surface area contributed by atoms with Crippen LogP contribution in [-0.4, -0.2) is 7.28 Å². The summed E-state index contributed by atoms with van der Waals surface area (Å²) in [5, 5.41) is 2.88. The van der Waals surface area contributed by atoms with Crippen LogP contribution in [0.5, 0.6) is 0 Å². The third kappa shape index (κ3) is 3.72. The van der Waals surface area contributed by atoms with Gasteiger partial charge in [-0.1, -0.05) is 95.9 Å². The van der Waals surface area contributed by atoms with Crippen LogP contribution in [0.25, 0.3) is 10.8 Å². The lowest BCUT2D eigenvalue weighted by atomic mass is 9.58. The minimum Gasteiger partial charge on any atom is -0.0728 e. The summed E-state index contributed by atoms with van der Waals surface area (Å²) in [6, 6.07) is 16.1. The monoisotopic (exact) mass is 342 g/mol. The van der Waals surface area contributed by atoms with Crippen molar-refractivity contribution in [2.45, 2.75) is 54.4 Å². The highest BCUT2D eigenvalue weighted by atomic mass is 14.1. The largest absolute Gasteiger partial charge is 0.194 e. The van der Waals surface area contributed by atoms with E-state index in [1.165, 1.54) is 62.4 Å². The highest BCUT2D eigenvalue weighted by Gasteiger charge is 2.15. The molecule has 0 spiro atoms. The van der Waals surface area contributed by atoms with Gasteiger partial charge >= 0.3 is 0 Å². The minimum absolute atomic E-state index is 0.727. The average Bonchev–Trinajstić information content (AvgIpc) is 2.60. The van der Waals surface area contributed by atoms with Crippen LogP contribution in [0.3, 0.4) is 0 Å². The van der Waals surface area contributed by atoms with Crippen molar-refractivity contribution < 1.29 is 0 Å². The Kier molecular flexibility index (Phi) is 5.56. The third-order valence-electron chi connectivity index (χ3n) is 5.92. The molecule has 26 heavy (non-hydrogen) atoms. The van der Waals surface area contributed by atoms with Gasteiger partial charge in [-0.25, -0.2) is 0 Å². The Morgan fingerprint density at radius 3 is 2.00 bits per heavy atom. The van der Waals surface area contributed by atoms with Crippen molar-refractivity contribution in [3.8, 4) is 0 Å². The van der Waals surface area contributed by atoms with E-state index in [-0.39, 0.29) is 0 Å². The highest BCUT2D eigenvalue weighted by molar-refractivity contribution is 6.71. The van der Waals surface area contributed by atoms with E-state index in [4.69, 9.17) is 0 Å². The fraction of sp³-hybridized carbons (Fsp3) is 0.360. The van der Waals surface area contributed by atoms with Gasteiger partial charge in [-0.15, -0.1) is 0 Å². The van der Waals surface area contributed by atoms with Gasteiger partial charge in [-0.3, -0.25) is 0 Å². The molecular weight excluding hydrogens is 311 g/mol. The van der Waals surface area contributed by atoms with Gasteiger partial charge in [0.1, 0.15) is 0 Å². The molecule has 0 aliphatic rings. The van der Waals surface area contributed by atoms with E-state index in [9.17, 15) is 0 Å². The number of benzene rings is 3. The van der Waals surface area contributed by atoms with Gasteiger partial charge in [-0.2, -0.15) is 0 Å². The van der Waals surface area contributed by atoms with Gasteiger partial charge in [0.2, 0.25) is 0 Å². The van der Waals surface area contributed by atoms with Gasteiger partial charge in [0, 0.05) is 0 Å². The summed E-state index contributed by atoms with van der Waals surface area (Å²) in [4.78, 5) is 0. The molecule has 1 unspecified atom stereocenters. The average molecular weight is 342 g/mol. The fourth-order valence-corrected chi connectivity index (χ4v) is 4.25. The van der Waals surface area contributed by atoms with Crippen LogP contribution >= 0.6 is 0 Å². The maximum Gasteiger partial charge on any atom is 0.194 e. The number of aryl methyl sites for hydroxylation is 4. The van der Waals surface area contributed by atoms with Crippen molar-refractivity contribution in [3.05, 3.63) is 70.3 Å². The second kappa shape index (κ2) is 7.70. The van der Waals surface area contributed by atoms with E-state index in [1.54, 1.807) is 0 Å². The zero-order chi connectivity index (χ0) is 18.8. The fourth-order valence-electron chi connectivity index (χ4n) is 4.25. The highest BCUT2D eigenvalue weighted by Crippen LogP contribution is 2.23. The van der Waals surface area contributed by atoms with Crippen molar-refractivity contribution >= 4 is 29.0 Å². The maximum atomic E-state index is 2.45. The van der Waals surface area contributed by atoms with E-state index < -0.39 is 0 Å². The molecule has 0 heterocycles. The second-order valence-electron chi connectivity index (χ2n) is 8.15. The Morgan fingerprint density at radius 2 is 1.38 bits per heavy atom. The van der Waals surface area contributed by atoms with Crippen LogP contribution in [-0.2, 0) is 6.42 Å². The smallest absolute Gasteiger partial charge is 0.0728 e. The lowest BCUT2D eigenvalue weighted by Crippen LogP contribution is -2.33. The Balaban J connectivity index is 2.13. The van der Waals surface area contributed by atoms with Gasteiger partial charge in [0.15, 0.2) is 7.28 Å². The molecule has 0 aliphatic carbocycles. The van der Waals surface area contributed by atoms with E-state index >= 15 is 0 Å². The van der Waals surface area contributed by atoms with Crippen LogP contribution in [0.1, 0.15) is 48.1 Å². The molecule has 3 rings (SSSR count). The van der Waals surface area contributed by atoms with Crippen molar-refractivity contribution in [2.24, 2.45) is 5.92 Å². The molecule has 0 saturated carbocycles. The summed E-state index contributed by atoms with van der Waals surface area (Å²) in [6.07, 6.45) is 2.40. The van der Waals surface area contributed by atoms with Crippen molar-refractivity contribution in [1.82, 2.24) is 0 Å². The summed E-state index contributed by atoms with van der Waals surface area (Å²) in [5.74, 6) is 0.727. The molecule has 0 aliphatic heterocycles. The normalized spacial score (nSPS) is 12.4. The number of hydrogen-bond donors (Lipinski definition) is 0. The van der Waals surface area contributed by atoms with Crippen LogP contribution < -0.4 is 10.9 Å². The molecule has 0 N–H and O–H groups in total. The van der Waals surface area contributed by atoms with Gasteiger partial charge < -0.3 is 0 Å².